The molecule has 2 nitrogen and oxygen atoms in total. The summed E-state index contributed by atoms with van der Waals surface area (Å²) in [5.74, 6) is 0.826. The molecule has 0 atom stereocenters. The molecule has 0 saturated heterocycles. The highest BCUT2D eigenvalue weighted by Crippen LogP contribution is 2.25. The Morgan fingerprint density at radius 3 is 2.59 bits per heavy atom. The van der Waals surface area contributed by atoms with E-state index in [-0.39, 0.29) is 0 Å². The Hall–Kier alpha value is -1.87. The van der Waals surface area contributed by atoms with E-state index in [9.17, 15) is 0 Å². The van der Waals surface area contributed by atoms with E-state index < -0.39 is 0 Å². The molecule has 0 aliphatic heterocycles. The van der Waals surface area contributed by atoms with Gasteiger partial charge in [0, 0.05) is 21.8 Å². The average molecular weight is 241 g/mol. The topological polar surface area (TPSA) is 25.0 Å². The standard InChI is InChI=1S/C14H11NOS/c1-16-9-6-7-13-11(8-9)14(17)10-4-2-3-5-12(10)15-13/h2-8H,1H3,(H,15,17). The van der Waals surface area contributed by atoms with E-state index in [0.717, 1.165) is 32.1 Å². The molecule has 2 aromatic carbocycles. The molecule has 0 spiro atoms. The van der Waals surface area contributed by atoms with E-state index in [1.54, 1.807) is 7.11 Å². The lowest BCUT2D eigenvalue weighted by Gasteiger charge is -2.05. The highest BCUT2D eigenvalue weighted by atomic mass is 32.1. The lowest BCUT2D eigenvalue weighted by atomic mass is 10.1. The Morgan fingerprint density at radius 1 is 1.00 bits per heavy atom. The predicted molar refractivity (Wildman–Crippen MR) is 73.2 cm³/mol. The van der Waals surface area contributed by atoms with Crippen LogP contribution in [0.15, 0.2) is 42.5 Å². The molecule has 0 bridgehead atoms. The molecule has 1 heterocycles. The molecule has 3 rings (SSSR count). The lowest BCUT2D eigenvalue weighted by Crippen LogP contribution is -1.87. The zero-order valence-electron chi connectivity index (χ0n) is 9.36. The molecular weight excluding hydrogens is 230 g/mol. The number of hydrogen-bond donors (Lipinski definition) is 1. The van der Waals surface area contributed by atoms with E-state index in [1.807, 2.05) is 42.5 Å². The lowest BCUT2D eigenvalue weighted by molar-refractivity contribution is 0.415. The number of aromatic nitrogens is 1. The van der Waals surface area contributed by atoms with E-state index in [4.69, 9.17) is 17.0 Å². The van der Waals surface area contributed by atoms with Crippen molar-refractivity contribution >= 4 is 34.0 Å². The van der Waals surface area contributed by atoms with Gasteiger partial charge in [-0.25, -0.2) is 0 Å². The fraction of sp³-hybridized carbons (Fsp3) is 0.0714. The van der Waals surface area contributed by atoms with Crippen molar-refractivity contribution < 1.29 is 4.74 Å². The molecule has 1 N–H and O–H groups in total. The third kappa shape index (κ3) is 1.59. The Balaban J connectivity index is 2.51. The smallest absolute Gasteiger partial charge is 0.119 e. The first-order chi connectivity index (χ1) is 8.29. The van der Waals surface area contributed by atoms with Crippen molar-refractivity contribution in [2.45, 2.75) is 0 Å². The Bertz CT molecular complexity index is 761. The Labute approximate surface area is 104 Å². The van der Waals surface area contributed by atoms with Crippen LogP contribution in [0.25, 0.3) is 21.8 Å². The van der Waals surface area contributed by atoms with Crippen LogP contribution < -0.4 is 4.74 Å². The summed E-state index contributed by atoms with van der Waals surface area (Å²) < 4.78 is 6.10. The minimum absolute atomic E-state index is 0.826. The maximum Gasteiger partial charge on any atom is 0.119 e. The molecule has 0 aliphatic carbocycles. The molecule has 3 heteroatoms. The highest BCUT2D eigenvalue weighted by Gasteiger charge is 2.02. The van der Waals surface area contributed by atoms with Crippen molar-refractivity contribution in [1.82, 2.24) is 4.98 Å². The van der Waals surface area contributed by atoms with Gasteiger partial charge in [0.15, 0.2) is 0 Å². The van der Waals surface area contributed by atoms with E-state index in [1.165, 1.54) is 0 Å². The largest absolute Gasteiger partial charge is 0.497 e. The molecule has 17 heavy (non-hydrogen) atoms. The summed E-state index contributed by atoms with van der Waals surface area (Å²) >= 11 is 5.53. The summed E-state index contributed by atoms with van der Waals surface area (Å²) in [6.45, 7) is 0. The number of rotatable bonds is 1. The van der Waals surface area contributed by atoms with Crippen LogP contribution in [0.4, 0.5) is 0 Å². The van der Waals surface area contributed by atoms with Crippen molar-refractivity contribution in [3.63, 3.8) is 0 Å². The van der Waals surface area contributed by atoms with Gasteiger partial charge in [-0.2, -0.15) is 0 Å². The fourth-order valence-corrected chi connectivity index (χ4v) is 2.37. The molecule has 0 amide bonds. The summed E-state index contributed by atoms with van der Waals surface area (Å²) in [5, 5.41) is 2.10. The quantitative estimate of drug-likeness (QED) is 0.513. The van der Waals surface area contributed by atoms with Crippen LogP contribution in [-0.2, 0) is 0 Å². The van der Waals surface area contributed by atoms with Crippen LogP contribution in [0.1, 0.15) is 0 Å². The van der Waals surface area contributed by atoms with Crippen LogP contribution >= 0.6 is 12.2 Å². The minimum atomic E-state index is 0.826. The number of H-pyrrole nitrogens is 1. The van der Waals surface area contributed by atoms with E-state index in [2.05, 4.69) is 4.98 Å². The van der Waals surface area contributed by atoms with Crippen molar-refractivity contribution in [1.29, 1.82) is 0 Å². The zero-order valence-corrected chi connectivity index (χ0v) is 10.2. The Kier molecular flexibility index (Phi) is 2.34. The number of ether oxygens (including phenoxy) is 1. The van der Waals surface area contributed by atoms with Crippen LogP contribution in [0.5, 0.6) is 5.75 Å². The van der Waals surface area contributed by atoms with Gasteiger partial charge in [-0.1, -0.05) is 30.4 Å². The molecular formula is C14H11NOS. The maximum absolute atomic E-state index is 5.53. The van der Waals surface area contributed by atoms with Crippen molar-refractivity contribution in [2.75, 3.05) is 7.11 Å². The second-order valence-electron chi connectivity index (χ2n) is 3.91. The summed E-state index contributed by atoms with van der Waals surface area (Å²) in [7, 11) is 1.66. The SMILES string of the molecule is COc1ccc2[nH]c3ccccc3c(=S)c2c1. The third-order valence-corrected chi connectivity index (χ3v) is 3.35. The highest BCUT2D eigenvalue weighted by molar-refractivity contribution is 7.72. The maximum atomic E-state index is 5.53. The first-order valence-corrected chi connectivity index (χ1v) is 5.79. The number of nitrogens with one attached hydrogen (secondary N) is 1. The molecule has 0 unspecified atom stereocenters. The van der Waals surface area contributed by atoms with Gasteiger partial charge >= 0.3 is 0 Å². The first kappa shape index (κ1) is 10.3. The van der Waals surface area contributed by atoms with Crippen molar-refractivity contribution in [3.8, 4) is 5.75 Å². The van der Waals surface area contributed by atoms with Crippen LogP contribution in [-0.4, -0.2) is 12.1 Å². The summed E-state index contributed by atoms with van der Waals surface area (Å²) in [6.07, 6.45) is 0. The average Bonchev–Trinajstić information content (AvgIpc) is 2.39. The van der Waals surface area contributed by atoms with E-state index in [0.29, 0.717) is 0 Å². The molecule has 0 saturated carbocycles. The zero-order chi connectivity index (χ0) is 11.8. The normalized spacial score (nSPS) is 10.9. The molecule has 0 fully saturated rings. The first-order valence-electron chi connectivity index (χ1n) is 5.38. The number of para-hydroxylation sites is 1. The van der Waals surface area contributed by atoms with Gasteiger partial charge in [0.05, 0.1) is 11.6 Å². The number of pyridine rings is 1. The van der Waals surface area contributed by atoms with Crippen molar-refractivity contribution in [2.24, 2.45) is 0 Å². The summed E-state index contributed by atoms with van der Waals surface area (Å²) in [6, 6.07) is 14.0. The number of aromatic amines is 1. The predicted octanol–water partition coefficient (Wildman–Crippen LogP) is 4.06. The van der Waals surface area contributed by atoms with Crippen LogP contribution in [0.2, 0.25) is 0 Å². The Morgan fingerprint density at radius 2 is 1.76 bits per heavy atom. The summed E-state index contributed by atoms with van der Waals surface area (Å²) in [5.41, 5.74) is 2.10. The molecule has 84 valence electrons. The van der Waals surface area contributed by atoms with Crippen LogP contribution in [0, 0.1) is 4.51 Å². The molecule has 0 aliphatic rings. The monoisotopic (exact) mass is 241 g/mol. The number of benzene rings is 2. The number of methoxy groups -OCH3 is 1. The molecule has 3 aromatic rings. The second kappa shape index (κ2) is 3.86. The van der Waals surface area contributed by atoms with Gasteiger partial charge in [-0.3, -0.25) is 0 Å². The second-order valence-corrected chi connectivity index (χ2v) is 4.32. The van der Waals surface area contributed by atoms with Gasteiger partial charge in [0.1, 0.15) is 5.75 Å². The van der Waals surface area contributed by atoms with E-state index >= 15 is 0 Å². The summed E-state index contributed by atoms with van der Waals surface area (Å²) in [4.78, 5) is 3.38. The van der Waals surface area contributed by atoms with Crippen molar-refractivity contribution in [3.05, 3.63) is 47.0 Å². The molecule has 0 radical (unpaired) electrons. The minimum Gasteiger partial charge on any atom is -0.497 e. The number of fused-ring (bicyclic) bond motifs is 2. The van der Waals surface area contributed by atoms with Gasteiger partial charge in [-0.05, 0) is 24.3 Å². The van der Waals surface area contributed by atoms with Gasteiger partial charge in [-0.15, -0.1) is 0 Å². The van der Waals surface area contributed by atoms with Gasteiger partial charge < -0.3 is 9.72 Å². The van der Waals surface area contributed by atoms with Crippen LogP contribution in [0.3, 0.4) is 0 Å². The van der Waals surface area contributed by atoms with Gasteiger partial charge in [0.25, 0.3) is 0 Å². The third-order valence-electron chi connectivity index (χ3n) is 2.91. The van der Waals surface area contributed by atoms with Gasteiger partial charge in [0.2, 0.25) is 0 Å². The molecule has 1 aromatic heterocycles. The number of hydrogen-bond acceptors (Lipinski definition) is 2. The fourth-order valence-electron chi connectivity index (χ4n) is 2.03.